The van der Waals surface area contributed by atoms with E-state index in [0.717, 1.165) is 30.2 Å². The molecule has 1 fully saturated rings. The van der Waals surface area contributed by atoms with Crippen LogP contribution in [0.1, 0.15) is 16.9 Å². The zero-order chi connectivity index (χ0) is 16.5. The van der Waals surface area contributed by atoms with Gasteiger partial charge in [-0.15, -0.1) is 11.3 Å². The van der Waals surface area contributed by atoms with Crippen molar-refractivity contribution in [2.24, 2.45) is 5.92 Å². The number of hydrogen-bond donors (Lipinski definition) is 1. The number of benzene rings is 1. The van der Waals surface area contributed by atoms with Gasteiger partial charge in [-0.05, 0) is 36.6 Å². The van der Waals surface area contributed by atoms with E-state index in [2.05, 4.69) is 15.2 Å². The highest BCUT2D eigenvalue weighted by Crippen LogP contribution is 2.23. The van der Waals surface area contributed by atoms with Gasteiger partial charge in [0.15, 0.2) is 4.96 Å². The van der Waals surface area contributed by atoms with Gasteiger partial charge < -0.3 is 10.2 Å². The van der Waals surface area contributed by atoms with Gasteiger partial charge in [-0.3, -0.25) is 9.20 Å². The molecule has 1 amide bonds. The lowest BCUT2D eigenvalue weighted by molar-refractivity contribution is 0.0944. The highest BCUT2D eigenvalue weighted by Gasteiger charge is 2.23. The Morgan fingerprint density at radius 1 is 1.38 bits per heavy atom. The fraction of sp³-hybridized carbons (Fsp3) is 0.294. The molecule has 1 N–H and O–H groups in total. The lowest BCUT2D eigenvalue weighted by Crippen LogP contribution is -2.31. The van der Waals surface area contributed by atoms with Crippen LogP contribution in [0.3, 0.4) is 0 Å². The molecule has 2 aromatic heterocycles. The second kappa shape index (κ2) is 6.24. The van der Waals surface area contributed by atoms with Gasteiger partial charge >= 0.3 is 0 Å². The fourth-order valence-corrected chi connectivity index (χ4v) is 3.75. The van der Waals surface area contributed by atoms with E-state index in [4.69, 9.17) is 0 Å². The molecule has 1 aliphatic rings. The summed E-state index contributed by atoms with van der Waals surface area (Å²) < 4.78 is 14.9. The van der Waals surface area contributed by atoms with Crippen LogP contribution < -0.4 is 10.2 Å². The summed E-state index contributed by atoms with van der Waals surface area (Å²) in [6.45, 7) is 2.41. The summed E-state index contributed by atoms with van der Waals surface area (Å²) in [6, 6.07) is 6.56. The van der Waals surface area contributed by atoms with Crippen molar-refractivity contribution in [1.82, 2.24) is 14.7 Å². The third-order valence-corrected chi connectivity index (χ3v) is 5.13. The maximum Gasteiger partial charge on any atom is 0.271 e. The number of nitrogens with one attached hydrogen (secondary N) is 1. The van der Waals surface area contributed by atoms with Crippen LogP contribution in [0.4, 0.5) is 10.1 Å². The standard InChI is InChI=1S/C17H17FN4OS/c18-13-1-3-14(4-2-13)21-6-5-12(10-21)9-19-16(23)15-11-22-7-8-24-17(22)20-15/h1-4,7-8,11-12H,5-6,9-10H2,(H,19,23)/t12-/m1/s1. The van der Waals surface area contributed by atoms with Crippen molar-refractivity contribution in [3.05, 3.63) is 53.6 Å². The van der Waals surface area contributed by atoms with Gasteiger partial charge in [-0.25, -0.2) is 9.37 Å². The number of imidazole rings is 1. The molecule has 1 saturated heterocycles. The average Bonchev–Trinajstić information content (AvgIpc) is 3.29. The monoisotopic (exact) mass is 344 g/mol. The number of fused-ring (bicyclic) bond motifs is 1. The van der Waals surface area contributed by atoms with E-state index in [1.807, 2.05) is 16.0 Å². The number of nitrogens with zero attached hydrogens (tertiary/aromatic N) is 3. The Morgan fingerprint density at radius 2 is 2.21 bits per heavy atom. The molecule has 1 atom stereocenters. The molecule has 24 heavy (non-hydrogen) atoms. The Morgan fingerprint density at radius 3 is 3.00 bits per heavy atom. The summed E-state index contributed by atoms with van der Waals surface area (Å²) in [6.07, 6.45) is 4.65. The van der Waals surface area contributed by atoms with Crippen LogP contribution in [0.2, 0.25) is 0 Å². The molecule has 0 aliphatic carbocycles. The molecule has 0 radical (unpaired) electrons. The number of aromatic nitrogens is 2. The smallest absolute Gasteiger partial charge is 0.271 e. The molecule has 0 saturated carbocycles. The van der Waals surface area contributed by atoms with Gasteiger partial charge in [0.25, 0.3) is 5.91 Å². The molecule has 124 valence electrons. The first-order valence-electron chi connectivity index (χ1n) is 7.90. The summed E-state index contributed by atoms with van der Waals surface area (Å²) >= 11 is 1.51. The number of amides is 1. The Balaban J connectivity index is 1.32. The first-order chi connectivity index (χ1) is 11.7. The number of hydrogen-bond acceptors (Lipinski definition) is 4. The van der Waals surface area contributed by atoms with Gasteiger partial charge in [-0.1, -0.05) is 0 Å². The number of carbonyl (C=O) groups excluding carboxylic acids is 1. The van der Waals surface area contributed by atoms with Crippen molar-refractivity contribution >= 4 is 27.9 Å². The van der Waals surface area contributed by atoms with Crippen molar-refractivity contribution in [3.63, 3.8) is 0 Å². The van der Waals surface area contributed by atoms with Crippen molar-refractivity contribution in [1.29, 1.82) is 0 Å². The molecule has 3 aromatic rings. The normalized spacial score (nSPS) is 17.5. The Bertz CT molecular complexity index is 828. The maximum absolute atomic E-state index is 13.0. The highest BCUT2D eigenvalue weighted by molar-refractivity contribution is 7.15. The number of halogens is 1. The molecular weight excluding hydrogens is 327 g/mol. The number of thiazole rings is 1. The zero-order valence-electron chi connectivity index (χ0n) is 13.0. The third-order valence-electron chi connectivity index (χ3n) is 4.35. The van der Waals surface area contributed by atoms with E-state index >= 15 is 0 Å². The Hall–Kier alpha value is -2.41. The molecule has 1 aliphatic heterocycles. The van der Waals surface area contributed by atoms with E-state index in [9.17, 15) is 9.18 Å². The van der Waals surface area contributed by atoms with E-state index in [1.54, 1.807) is 18.3 Å². The zero-order valence-corrected chi connectivity index (χ0v) is 13.8. The number of anilines is 1. The predicted molar refractivity (Wildman–Crippen MR) is 92.1 cm³/mol. The minimum Gasteiger partial charge on any atom is -0.371 e. The SMILES string of the molecule is O=C(NC[C@H]1CCN(c2ccc(F)cc2)C1)c1cn2ccsc2n1. The van der Waals surface area contributed by atoms with E-state index in [0.29, 0.717) is 18.2 Å². The quantitative estimate of drug-likeness (QED) is 0.792. The highest BCUT2D eigenvalue weighted by atomic mass is 32.1. The number of rotatable bonds is 4. The minimum atomic E-state index is -0.221. The molecule has 0 spiro atoms. The van der Waals surface area contributed by atoms with E-state index in [-0.39, 0.29) is 11.7 Å². The van der Waals surface area contributed by atoms with Crippen molar-refractivity contribution < 1.29 is 9.18 Å². The Kier molecular flexibility index (Phi) is 3.93. The van der Waals surface area contributed by atoms with Gasteiger partial charge in [0, 0.05) is 43.1 Å². The lowest BCUT2D eigenvalue weighted by atomic mass is 10.1. The van der Waals surface area contributed by atoms with Gasteiger partial charge in [0.05, 0.1) is 0 Å². The van der Waals surface area contributed by atoms with Crippen LogP contribution in [-0.2, 0) is 0 Å². The maximum atomic E-state index is 13.0. The third kappa shape index (κ3) is 2.99. The molecular formula is C17H17FN4OS. The molecule has 4 rings (SSSR count). The lowest BCUT2D eigenvalue weighted by Gasteiger charge is -2.18. The van der Waals surface area contributed by atoms with Crippen LogP contribution in [0.25, 0.3) is 4.96 Å². The van der Waals surface area contributed by atoms with Crippen LogP contribution in [0.5, 0.6) is 0 Å². The molecule has 5 nitrogen and oxygen atoms in total. The van der Waals surface area contributed by atoms with Gasteiger partial charge in [0.2, 0.25) is 0 Å². The van der Waals surface area contributed by atoms with E-state index in [1.165, 1.54) is 23.5 Å². The molecule has 7 heteroatoms. The van der Waals surface area contributed by atoms with Crippen molar-refractivity contribution in [3.8, 4) is 0 Å². The fourth-order valence-electron chi connectivity index (χ4n) is 3.05. The van der Waals surface area contributed by atoms with Crippen molar-refractivity contribution in [2.45, 2.75) is 6.42 Å². The summed E-state index contributed by atoms with van der Waals surface area (Å²) in [5, 5.41) is 4.91. The largest absolute Gasteiger partial charge is 0.371 e. The summed E-state index contributed by atoms with van der Waals surface area (Å²) in [4.78, 5) is 19.6. The summed E-state index contributed by atoms with van der Waals surface area (Å²) in [7, 11) is 0. The molecule has 0 unspecified atom stereocenters. The summed E-state index contributed by atoms with van der Waals surface area (Å²) in [5.74, 6) is 0.0376. The van der Waals surface area contributed by atoms with E-state index < -0.39 is 0 Å². The number of carbonyl (C=O) groups is 1. The topological polar surface area (TPSA) is 49.6 Å². The van der Waals surface area contributed by atoms with Crippen LogP contribution >= 0.6 is 11.3 Å². The van der Waals surface area contributed by atoms with Crippen LogP contribution in [0, 0.1) is 11.7 Å². The molecule has 1 aromatic carbocycles. The van der Waals surface area contributed by atoms with Crippen LogP contribution in [-0.4, -0.2) is 34.9 Å². The van der Waals surface area contributed by atoms with Crippen molar-refractivity contribution in [2.75, 3.05) is 24.5 Å². The first kappa shape index (κ1) is 15.1. The molecule has 0 bridgehead atoms. The molecule has 3 heterocycles. The Labute approximate surface area is 142 Å². The van der Waals surface area contributed by atoms with Gasteiger partial charge in [0.1, 0.15) is 11.5 Å². The second-order valence-electron chi connectivity index (χ2n) is 6.01. The first-order valence-corrected chi connectivity index (χ1v) is 8.78. The summed E-state index contributed by atoms with van der Waals surface area (Å²) in [5.41, 5.74) is 1.48. The van der Waals surface area contributed by atoms with Gasteiger partial charge in [-0.2, -0.15) is 0 Å². The minimum absolute atomic E-state index is 0.133. The predicted octanol–water partition coefficient (Wildman–Crippen LogP) is 2.79. The van der Waals surface area contributed by atoms with Crippen LogP contribution in [0.15, 0.2) is 42.0 Å². The average molecular weight is 344 g/mol. The second-order valence-corrected chi connectivity index (χ2v) is 6.88.